The van der Waals surface area contributed by atoms with Crippen LogP contribution < -0.4 is 10.2 Å². The summed E-state index contributed by atoms with van der Waals surface area (Å²) in [5, 5.41) is 3.14. The zero-order valence-electron chi connectivity index (χ0n) is 20.7. The van der Waals surface area contributed by atoms with Gasteiger partial charge >= 0.3 is 0 Å². The van der Waals surface area contributed by atoms with Crippen LogP contribution >= 0.6 is 0 Å². The molecule has 1 aliphatic carbocycles. The number of carbonyl (C=O) groups is 2. The molecule has 1 unspecified atom stereocenters. The molecular weight excluding hydrogens is 481 g/mol. The molecule has 2 aliphatic rings. The van der Waals surface area contributed by atoms with Crippen LogP contribution in [-0.4, -0.2) is 49.4 Å². The largest absolute Gasteiger partial charge is 0.351 e. The van der Waals surface area contributed by atoms with E-state index in [0.717, 1.165) is 37.7 Å². The van der Waals surface area contributed by atoms with Crippen LogP contribution in [0.25, 0.3) is 0 Å². The Labute approximate surface area is 212 Å². The van der Waals surface area contributed by atoms with Gasteiger partial charge < -0.3 is 5.32 Å². The fraction of sp³-hybridized carbons (Fsp3) is 0.481. The molecule has 7 nitrogen and oxygen atoms in total. The van der Waals surface area contributed by atoms with Crippen LogP contribution in [0.5, 0.6) is 0 Å². The van der Waals surface area contributed by atoms with Gasteiger partial charge in [-0.2, -0.15) is 4.31 Å². The molecule has 1 N–H and O–H groups in total. The number of halogens is 1. The van der Waals surface area contributed by atoms with E-state index in [0.29, 0.717) is 18.7 Å². The Bertz CT molecular complexity index is 1190. The average Bonchev–Trinajstić information content (AvgIpc) is 3.70. The van der Waals surface area contributed by atoms with Crippen molar-refractivity contribution in [1.29, 1.82) is 0 Å². The zero-order chi connectivity index (χ0) is 25.7. The van der Waals surface area contributed by atoms with Crippen molar-refractivity contribution in [2.24, 2.45) is 0 Å². The highest BCUT2D eigenvalue weighted by Gasteiger charge is 2.36. The van der Waals surface area contributed by atoms with Gasteiger partial charge in [0.2, 0.25) is 21.8 Å². The Morgan fingerprint density at radius 2 is 1.81 bits per heavy atom. The summed E-state index contributed by atoms with van der Waals surface area (Å²) < 4.78 is 40.2. The lowest BCUT2D eigenvalue weighted by molar-refractivity contribution is -0.127. The van der Waals surface area contributed by atoms with E-state index in [-0.39, 0.29) is 36.2 Å². The van der Waals surface area contributed by atoms with Crippen molar-refractivity contribution in [2.75, 3.05) is 23.7 Å². The number of hydrogen-bond acceptors (Lipinski definition) is 4. The maximum absolute atomic E-state index is 14.3. The first-order valence-electron chi connectivity index (χ1n) is 12.7. The number of benzene rings is 2. The molecule has 2 aromatic carbocycles. The molecule has 194 valence electrons. The molecule has 9 heteroatoms. The summed E-state index contributed by atoms with van der Waals surface area (Å²) in [6, 6.07) is 12.0. The standard InChI is InChI=1S/C27H34FN3O4S/c1-20-9-5-6-14-24(20)26(27(33)29-22-11-3-2-4-12-22)31(23-13-7-10-21(28)19-23)25(32)15-8-18-36(34,35)30-16-17-30/h5-7,9-10,13-14,19,22,26H,2-4,8,11-12,15-18H2,1H3,(H,29,33). The van der Waals surface area contributed by atoms with Crippen LogP contribution in [0.1, 0.15) is 62.1 Å². The molecule has 2 fully saturated rings. The molecule has 0 radical (unpaired) electrons. The highest BCUT2D eigenvalue weighted by Crippen LogP contribution is 2.32. The predicted molar refractivity (Wildman–Crippen MR) is 137 cm³/mol. The Morgan fingerprint density at radius 3 is 2.47 bits per heavy atom. The van der Waals surface area contributed by atoms with E-state index in [2.05, 4.69) is 5.32 Å². The van der Waals surface area contributed by atoms with E-state index in [9.17, 15) is 22.4 Å². The zero-order valence-corrected chi connectivity index (χ0v) is 21.5. The molecule has 2 amide bonds. The molecule has 1 atom stereocenters. The van der Waals surface area contributed by atoms with Crippen LogP contribution in [0.15, 0.2) is 48.5 Å². The van der Waals surface area contributed by atoms with Gasteiger partial charge in [-0.05, 0) is 55.5 Å². The normalized spacial score (nSPS) is 17.4. The van der Waals surface area contributed by atoms with E-state index in [1.165, 1.54) is 27.4 Å². The van der Waals surface area contributed by atoms with Crippen molar-refractivity contribution in [3.8, 4) is 0 Å². The predicted octanol–water partition coefficient (Wildman–Crippen LogP) is 4.08. The smallest absolute Gasteiger partial charge is 0.248 e. The number of nitrogens with one attached hydrogen (secondary N) is 1. The molecule has 2 aromatic rings. The van der Waals surface area contributed by atoms with Gasteiger partial charge in [0.05, 0.1) is 5.75 Å². The Kier molecular flexibility index (Phi) is 8.41. The number of anilines is 1. The minimum absolute atomic E-state index is 0.0277. The molecule has 0 spiro atoms. The third-order valence-corrected chi connectivity index (χ3v) is 8.85. The summed E-state index contributed by atoms with van der Waals surface area (Å²) in [6.07, 6.45) is 5.03. The minimum Gasteiger partial charge on any atom is -0.351 e. The van der Waals surface area contributed by atoms with Crippen LogP contribution in [0, 0.1) is 12.7 Å². The third-order valence-electron chi connectivity index (χ3n) is 6.89. The number of hydrogen-bond donors (Lipinski definition) is 1. The van der Waals surface area contributed by atoms with Gasteiger partial charge in [0, 0.05) is 31.2 Å². The SMILES string of the molecule is Cc1ccccc1C(C(=O)NC1CCCCC1)N(C(=O)CCCS(=O)(=O)N1CC1)c1cccc(F)c1. The molecule has 1 saturated carbocycles. The van der Waals surface area contributed by atoms with Gasteiger partial charge in [0.1, 0.15) is 11.9 Å². The summed E-state index contributed by atoms with van der Waals surface area (Å²) >= 11 is 0. The van der Waals surface area contributed by atoms with Crippen molar-refractivity contribution in [3.05, 3.63) is 65.5 Å². The van der Waals surface area contributed by atoms with Gasteiger partial charge in [-0.3, -0.25) is 14.5 Å². The second-order valence-electron chi connectivity index (χ2n) is 9.66. The molecule has 4 rings (SSSR count). The molecule has 1 heterocycles. The topological polar surface area (TPSA) is 86.6 Å². The summed E-state index contributed by atoms with van der Waals surface area (Å²) in [4.78, 5) is 28.8. The summed E-state index contributed by atoms with van der Waals surface area (Å²) in [7, 11) is -3.37. The van der Waals surface area contributed by atoms with E-state index in [1.54, 1.807) is 6.07 Å². The first-order valence-corrected chi connectivity index (χ1v) is 14.3. The van der Waals surface area contributed by atoms with Crippen LogP contribution in [0.2, 0.25) is 0 Å². The first-order chi connectivity index (χ1) is 17.3. The highest BCUT2D eigenvalue weighted by molar-refractivity contribution is 7.89. The number of sulfonamides is 1. The van der Waals surface area contributed by atoms with Crippen LogP contribution in [-0.2, 0) is 19.6 Å². The van der Waals surface area contributed by atoms with E-state index in [4.69, 9.17) is 0 Å². The van der Waals surface area contributed by atoms with Gasteiger partial charge in [-0.25, -0.2) is 12.8 Å². The summed E-state index contributed by atoms with van der Waals surface area (Å²) in [5.41, 5.74) is 1.75. The Morgan fingerprint density at radius 1 is 1.08 bits per heavy atom. The lowest BCUT2D eigenvalue weighted by Crippen LogP contribution is -2.47. The Hall–Kier alpha value is -2.78. The first kappa shape index (κ1) is 26.3. The van der Waals surface area contributed by atoms with E-state index >= 15 is 0 Å². The van der Waals surface area contributed by atoms with E-state index < -0.39 is 27.8 Å². The van der Waals surface area contributed by atoms with E-state index in [1.807, 2.05) is 31.2 Å². The van der Waals surface area contributed by atoms with Crippen LogP contribution in [0.3, 0.4) is 0 Å². The highest BCUT2D eigenvalue weighted by atomic mass is 32.2. The molecule has 0 aromatic heterocycles. The quantitative estimate of drug-likeness (QED) is 0.483. The summed E-state index contributed by atoms with van der Waals surface area (Å²) in [5.74, 6) is -1.40. The lowest BCUT2D eigenvalue weighted by atomic mass is 9.93. The van der Waals surface area contributed by atoms with Crippen LogP contribution in [0.4, 0.5) is 10.1 Å². The number of amides is 2. The second kappa shape index (κ2) is 11.5. The van der Waals surface area contributed by atoms with Gasteiger partial charge in [0.25, 0.3) is 0 Å². The van der Waals surface area contributed by atoms with Gasteiger partial charge in [0.15, 0.2) is 0 Å². The molecule has 0 bridgehead atoms. The molecular formula is C27H34FN3O4S. The fourth-order valence-corrected chi connectivity index (χ4v) is 6.26. The van der Waals surface area contributed by atoms with Crippen molar-refractivity contribution in [1.82, 2.24) is 9.62 Å². The average molecular weight is 516 g/mol. The van der Waals surface area contributed by atoms with Crippen molar-refractivity contribution in [3.63, 3.8) is 0 Å². The van der Waals surface area contributed by atoms with Crippen molar-refractivity contribution in [2.45, 2.75) is 64.0 Å². The number of rotatable bonds is 10. The molecule has 1 saturated heterocycles. The third kappa shape index (κ3) is 6.50. The molecule has 36 heavy (non-hydrogen) atoms. The minimum atomic E-state index is -3.37. The van der Waals surface area contributed by atoms with Gasteiger partial charge in [-0.1, -0.05) is 49.6 Å². The molecule has 1 aliphatic heterocycles. The number of nitrogens with zero attached hydrogens (tertiary/aromatic N) is 2. The lowest BCUT2D eigenvalue weighted by Gasteiger charge is -2.34. The monoisotopic (exact) mass is 515 g/mol. The summed E-state index contributed by atoms with van der Waals surface area (Å²) in [6.45, 7) is 2.91. The second-order valence-corrected chi connectivity index (χ2v) is 11.8. The van der Waals surface area contributed by atoms with Crippen molar-refractivity contribution >= 4 is 27.5 Å². The maximum atomic E-state index is 14.3. The number of carbonyl (C=O) groups excluding carboxylic acids is 2. The van der Waals surface area contributed by atoms with Crippen molar-refractivity contribution < 1.29 is 22.4 Å². The fourth-order valence-electron chi connectivity index (χ4n) is 4.86. The number of aryl methyl sites for hydroxylation is 1. The van der Waals surface area contributed by atoms with Gasteiger partial charge in [-0.15, -0.1) is 0 Å². The Balaban J connectivity index is 1.66. The maximum Gasteiger partial charge on any atom is 0.248 e.